The van der Waals surface area contributed by atoms with Crippen molar-refractivity contribution in [3.8, 4) is 0 Å². The molecule has 1 amide bonds. The Morgan fingerprint density at radius 3 is 2.81 bits per heavy atom. The molecule has 2 heterocycles. The Bertz CT molecular complexity index is 750. The van der Waals surface area contributed by atoms with Crippen molar-refractivity contribution in [2.24, 2.45) is 0 Å². The Morgan fingerprint density at radius 1 is 1.35 bits per heavy atom. The Labute approximate surface area is 151 Å². The van der Waals surface area contributed by atoms with Crippen molar-refractivity contribution in [1.29, 1.82) is 0 Å². The second-order valence-corrected chi connectivity index (χ2v) is 6.88. The molecule has 0 aliphatic carbocycles. The van der Waals surface area contributed by atoms with Crippen molar-refractivity contribution in [3.05, 3.63) is 33.9 Å². The number of likely N-dealkylation sites (tertiary alicyclic amines) is 1. The van der Waals surface area contributed by atoms with Crippen LogP contribution < -0.4 is 4.90 Å². The maximum atomic E-state index is 12.8. The van der Waals surface area contributed by atoms with Gasteiger partial charge in [0.2, 0.25) is 5.91 Å². The Kier molecular flexibility index (Phi) is 4.95. The minimum atomic E-state index is -0.774. The van der Waals surface area contributed by atoms with Crippen LogP contribution in [0, 0.1) is 10.1 Å². The number of nitrogens with zero attached hydrogens (tertiary/aromatic N) is 3. The van der Waals surface area contributed by atoms with Crippen LogP contribution in [0.3, 0.4) is 0 Å². The van der Waals surface area contributed by atoms with E-state index in [4.69, 9.17) is 4.74 Å². The average molecular weight is 361 g/mol. The molecular weight excluding hydrogens is 338 g/mol. The van der Waals surface area contributed by atoms with Gasteiger partial charge >= 0.3 is 5.97 Å². The molecule has 1 fully saturated rings. The molecule has 2 aliphatic rings. The third kappa shape index (κ3) is 3.16. The van der Waals surface area contributed by atoms with Gasteiger partial charge in [0, 0.05) is 24.4 Å². The highest BCUT2D eigenvalue weighted by atomic mass is 16.6. The van der Waals surface area contributed by atoms with Gasteiger partial charge in [0.15, 0.2) is 0 Å². The number of anilines is 1. The fourth-order valence-electron chi connectivity index (χ4n) is 3.80. The number of fused-ring (bicyclic) bond motifs is 1. The van der Waals surface area contributed by atoms with Gasteiger partial charge < -0.3 is 9.64 Å². The summed E-state index contributed by atoms with van der Waals surface area (Å²) >= 11 is 0. The molecule has 0 aromatic heterocycles. The molecule has 0 unspecified atom stereocenters. The zero-order valence-electron chi connectivity index (χ0n) is 15.1. The molecule has 0 radical (unpaired) electrons. The number of carbonyl (C=O) groups is 2. The fraction of sp³-hybridized carbons (Fsp3) is 0.556. The van der Waals surface area contributed by atoms with Gasteiger partial charge in [-0.2, -0.15) is 0 Å². The first-order valence-corrected chi connectivity index (χ1v) is 8.87. The highest BCUT2D eigenvalue weighted by molar-refractivity contribution is 5.97. The highest BCUT2D eigenvalue weighted by Gasteiger charge is 2.45. The lowest BCUT2D eigenvalue weighted by Gasteiger charge is -2.33. The second-order valence-electron chi connectivity index (χ2n) is 6.88. The van der Waals surface area contributed by atoms with Crippen molar-refractivity contribution in [3.63, 3.8) is 0 Å². The second kappa shape index (κ2) is 7.03. The summed E-state index contributed by atoms with van der Waals surface area (Å²) in [6, 6.07) is 4.58. The van der Waals surface area contributed by atoms with Crippen LogP contribution in [-0.4, -0.2) is 53.5 Å². The van der Waals surface area contributed by atoms with Crippen molar-refractivity contribution in [1.82, 2.24) is 4.90 Å². The van der Waals surface area contributed by atoms with E-state index in [-0.39, 0.29) is 24.1 Å². The van der Waals surface area contributed by atoms with E-state index in [1.165, 1.54) is 12.1 Å². The van der Waals surface area contributed by atoms with E-state index in [9.17, 15) is 19.7 Å². The predicted octanol–water partition coefficient (Wildman–Crippen LogP) is 1.90. The van der Waals surface area contributed by atoms with Crippen LogP contribution >= 0.6 is 0 Å². The molecule has 0 bridgehead atoms. The highest BCUT2D eigenvalue weighted by Crippen LogP contribution is 2.33. The van der Waals surface area contributed by atoms with Gasteiger partial charge in [-0.1, -0.05) is 0 Å². The molecule has 8 heteroatoms. The number of non-ortho nitro benzene ring substituents is 1. The molecule has 0 spiro atoms. The van der Waals surface area contributed by atoms with E-state index < -0.39 is 10.5 Å². The molecule has 1 aromatic carbocycles. The van der Waals surface area contributed by atoms with Crippen LogP contribution in [0.1, 0.15) is 32.3 Å². The van der Waals surface area contributed by atoms with Gasteiger partial charge in [-0.3, -0.25) is 24.6 Å². The first-order valence-electron chi connectivity index (χ1n) is 8.87. The first-order chi connectivity index (χ1) is 12.4. The number of carbonyl (C=O) groups excluding carboxylic acids is 2. The maximum Gasteiger partial charge on any atom is 0.326 e. The number of benzene rings is 1. The van der Waals surface area contributed by atoms with E-state index in [0.717, 1.165) is 17.7 Å². The number of hydrogen-bond acceptors (Lipinski definition) is 6. The summed E-state index contributed by atoms with van der Waals surface area (Å²) in [6.45, 7) is 5.21. The van der Waals surface area contributed by atoms with E-state index >= 15 is 0 Å². The molecule has 1 atom stereocenters. The molecule has 3 rings (SSSR count). The molecule has 0 saturated carbocycles. The molecule has 140 valence electrons. The summed E-state index contributed by atoms with van der Waals surface area (Å²) in [6.07, 6.45) is 2.10. The number of nitro benzene ring substituents is 1. The Balaban J connectivity index is 1.74. The molecule has 26 heavy (non-hydrogen) atoms. The van der Waals surface area contributed by atoms with E-state index in [2.05, 4.69) is 0 Å². The standard InChI is InChI=1S/C18H23N3O5/c1-3-26-17(23)18(2)8-4-9-19(18)12-16(22)20-10-7-13-11-14(21(24)25)5-6-15(13)20/h5-6,11H,3-4,7-10,12H2,1-2H3/t18-/m1/s1. The number of nitro groups is 1. The van der Waals surface area contributed by atoms with Gasteiger partial charge in [0.25, 0.3) is 5.69 Å². The summed E-state index contributed by atoms with van der Waals surface area (Å²) in [5.74, 6) is -0.391. The van der Waals surface area contributed by atoms with Crippen LogP contribution in [0.2, 0.25) is 0 Å². The van der Waals surface area contributed by atoms with E-state index in [0.29, 0.717) is 32.5 Å². The summed E-state index contributed by atoms with van der Waals surface area (Å²) in [5, 5.41) is 10.9. The Hall–Kier alpha value is -2.48. The number of rotatable bonds is 5. The number of hydrogen-bond donors (Lipinski definition) is 0. The quantitative estimate of drug-likeness (QED) is 0.452. The topological polar surface area (TPSA) is 93.0 Å². The molecule has 8 nitrogen and oxygen atoms in total. The smallest absolute Gasteiger partial charge is 0.326 e. The van der Waals surface area contributed by atoms with Gasteiger partial charge in [-0.15, -0.1) is 0 Å². The van der Waals surface area contributed by atoms with Gasteiger partial charge in [0.05, 0.1) is 18.1 Å². The SMILES string of the molecule is CCOC(=O)[C@@]1(C)CCCN1CC(=O)N1CCc2cc([N+](=O)[O-])ccc21. The van der Waals surface area contributed by atoms with E-state index in [1.807, 2.05) is 11.8 Å². The van der Waals surface area contributed by atoms with Crippen LogP contribution in [0.25, 0.3) is 0 Å². The summed E-state index contributed by atoms with van der Waals surface area (Å²) in [4.78, 5) is 39.2. The summed E-state index contributed by atoms with van der Waals surface area (Å²) in [5.41, 5.74) is 0.788. The third-order valence-corrected chi connectivity index (χ3v) is 5.30. The van der Waals surface area contributed by atoms with Crippen LogP contribution in [-0.2, 0) is 20.7 Å². The minimum absolute atomic E-state index is 0.0347. The van der Waals surface area contributed by atoms with Crippen molar-refractivity contribution >= 4 is 23.3 Å². The molecule has 2 aliphatic heterocycles. The predicted molar refractivity (Wildman–Crippen MR) is 95.0 cm³/mol. The van der Waals surface area contributed by atoms with Gasteiger partial charge in [-0.25, -0.2) is 0 Å². The Morgan fingerprint density at radius 2 is 2.12 bits per heavy atom. The fourth-order valence-corrected chi connectivity index (χ4v) is 3.80. The zero-order chi connectivity index (χ0) is 18.9. The normalized spacial score (nSPS) is 22.3. The first kappa shape index (κ1) is 18.3. The monoisotopic (exact) mass is 361 g/mol. The third-order valence-electron chi connectivity index (χ3n) is 5.30. The summed E-state index contributed by atoms with van der Waals surface area (Å²) < 4.78 is 5.19. The van der Waals surface area contributed by atoms with Gasteiger partial charge in [0.1, 0.15) is 5.54 Å². The van der Waals surface area contributed by atoms with E-state index in [1.54, 1.807) is 17.9 Å². The number of esters is 1. The van der Waals surface area contributed by atoms with Crippen LogP contribution in [0.15, 0.2) is 18.2 Å². The lowest BCUT2D eigenvalue weighted by Crippen LogP contribution is -2.52. The lowest BCUT2D eigenvalue weighted by atomic mass is 9.99. The van der Waals surface area contributed by atoms with Crippen molar-refractivity contribution in [2.75, 3.05) is 31.1 Å². The van der Waals surface area contributed by atoms with Crippen molar-refractivity contribution in [2.45, 2.75) is 38.6 Å². The average Bonchev–Trinajstić information content (AvgIpc) is 3.19. The maximum absolute atomic E-state index is 12.8. The zero-order valence-corrected chi connectivity index (χ0v) is 15.1. The lowest BCUT2D eigenvalue weighted by molar-refractivity contribution is -0.384. The molecule has 1 saturated heterocycles. The number of amides is 1. The summed E-state index contributed by atoms with van der Waals surface area (Å²) in [7, 11) is 0. The molecule has 1 aromatic rings. The van der Waals surface area contributed by atoms with Crippen molar-refractivity contribution < 1.29 is 19.2 Å². The number of ether oxygens (including phenoxy) is 1. The molecular formula is C18H23N3O5. The van der Waals surface area contributed by atoms with Gasteiger partial charge in [-0.05, 0) is 51.3 Å². The van der Waals surface area contributed by atoms with Crippen LogP contribution in [0.4, 0.5) is 11.4 Å². The largest absolute Gasteiger partial charge is 0.465 e. The minimum Gasteiger partial charge on any atom is -0.465 e. The van der Waals surface area contributed by atoms with Crippen LogP contribution in [0.5, 0.6) is 0 Å². The molecule has 0 N–H and O–H groups in total.